The standard InChI is InChI=1S/C27H31N7O/c1-6-12-33-25(35)21-16-29-26(30-20-11-10-18-13-17(2)28-15-19(18)14-20)32-24(21)34(33)23-9-7-8-22(31-23)27(3,4)5/h6-11,14,16-17,28H,1,12-13,15H2,2-5H3,(H,29,30,32). The van der Waals surface area contributed by atoms with Crippen LogP contribution in [0, 0.1) is 0 Å². The summed E-state index contributed by atoms with van der Waals surface area (Å²) in [6.45, 7) is 13.5. The Morgan fingerprint density at radius 1 is 1.20 bits per heavy atom. The molecular formula is C27H31N7O. The maximum absolute atomic E-state index is 13.2. The topological polar surface area (TPSA) is 89.7 Å². The van der Waals surface area contributed by atoms with Crippen LogP contribution in [0.2, 0.25) is 0 Å². The minimum absolute atomic E-state index is 0.136. The molecule has 1 aliphatic rings. The molecule has 0 amide bonds. The summed E-state index contributed by atoms with van der Waals surface area (Å²) in [4.78, 5) is 27.3. The van der Waals surface area contributed by atoms with Crippen LogP contribution in [0.3, 0.4) is 0 Å². The van der Waals surface area contributed by atoms with Crippen LogP contribution in [-0.4, -0.2) is 30.4 Å². The zero-order chi connectivity index (χ0) is 24.7. The average Bonchev–Trinajstić information content (AvgIpc) is 3.10. The van der Waals surface area contributed by atoms with Crippen LogP contribution in [0.15, 0.2) is 60.0 Å². The molecule has 1 aromatic carbocycles. The Labute approximate surface area is 204 Å². The minimum atomic E-state index is -0.177. The number of rotatable bonds is 5. The maximum Gasteiger partial charge on any atom is 0.278 e. The van der Waals surface area contributed by atoms with Gasteiger partial charge in [-0.05, 0) is 48.7 Å². The van der Waals surface area contributed by atoms with Gasteiger partial charge in [-0.3, -0.25) is 4.79 Å². The summed E-state index contributed by atoms with van der Waals surface area (Å²) in [6.07, 6.45) is 4.29. The second kappa shape index (κ2) is 8.78. The molecule has 4 aromatic rings. The van der Waals surface area contributed by atoms with E-state index in [1.807, 2.05) is 18.2 Å². The van der Waals surface area contributed by atoms with Crippen LogP contribution in [-0.2, 0) is 24.9 Å². The lowest BCUT2D eigenvalue weighted by atomic mass is 9.92. The third kappa shape index (κ3) is 4.37. The van der Waals surface area contributed by atoms with E-state index in [-0.39, 0.29) is 11.0 Å². The van der Waals surface area contributed by atoms with Gasteiger partial charge in [0.25, 0.3) is 5.56 Å². The smallest absolute Gasteiger partial charge is 0.278 e. The summed E-state index contributed by atoms with van der Waals surface area (Å²) in [5, 5.41) is 7.25. The van der Waals surface area contributed by atoms with Gasteiger partial charge >= 0.3 is 0 Å². The highest BCUT2D eigenvalue weighted by Gasteiger charge is 2.21. The van der Waals surface area contributed by atoms with Crippen molar-refractivity contribution in [1.82, 2.24) is 29.6 Å². The van der Waals surface area contributed by atoms with E-state index < -0.39 is 0 Å². The van der Waals surface area contributed by atoms with Gasteiger partial charge in [0.2, 0.25) is 5.95 Å². The fraction of sp³-hybridized carbons (Fsp3) is 0.333. The lowest BCUT2D eigenvalue weighted by Gasteiger charge is -2.23. The molecule has 5 rings (SSSR count). The molecule has 0 saturated carbocycles. The van der Waals surface area contributed by atoms with Gasteiger partial charge in [-0.1, -0.05) is 39.0 Å². The molecule has 0 aliphatic carbocycles. The number of nitrogens with one attached hydrogen (secondary N) is 2. The number of nitrogens with zero attached hydrogens (tertiary/aromatic N) is 5. The molecule has 8 nitrogen and oxygen atoms in total. The molecule has 0 bridgehead atoms. The van der Waals surface area contributed by atoms with Crippen molar-refractivity contribution >= 4 is 22.7 Å². The lowest BCUT2D eigenvalue weighted by molar-refractivity contribution is 0.514. The third-order valence-corrected chi connectivity index (χ3v) is 6.33. The first-order valence-electron chi connectivity index (χ1n) is 11.9. The van der Waals surface area contributed by atoms with Gasteiger partial charge in [0, 0.05) is 35.6 Å². The highest BCUT2D eigenvalue weighted by Crippen LogP contribution is 2.25. The van der Waals surface area contributed by atoms with E-state index >= 15 is 0 Å². The minimum Gasteiger partial charge on any atom is -0.324 e. The molecule has 0 spiro atoms. The van der Waals surface area contributed by atoms with Crippen molar-refractivity contribution < 1.29 is 0 Å². The molecule has 180 valence electrons. The monoisotopic (exact) mass is 469 g/mol. The van der Waals surface area contributed by atoms with Crippen molar-refractivity contribution in [1.29, 1.82) is 0 Å². The van der Waals surface area contributed by atoms with Crippen molar-refractivity contribution in [3.05, 3.63) is 82.4 Å². The van der Waals surface area contributed by atoms with E-state index in [0.717, 1.165) is 24.3 Å². The molecule has 4 heterocycles. The first-order chi connectivity index (χ1) is 16.7. The Bertz CT molecular complexity index is 1480. The molecule has 0 fully saturated rings. The Hall–Kier alpha value is -3.78. The van der Waals surface area contributed by atoms with Gasteiger partial charge in [0.1, 0.15) is 5.39 Å². The second-order valence-electron chi connectivity index (χ2n) is 10.1. The van der Waals surface area contributed by atoms with Gasteiger partial charge < -0.3 is 10.6 Å². The van der Waals surface area contributed by atoms with Gasteiger partial charge in [-0.25, -0.2) is 19.3 Å². The highest BCUT2D eigenvalue weighted by molar-refractivity contribution is 5.77. The van der Waals surface area contributed by atoms with Crippen LogP contribution in [0.5, 0.6) is 0 Å². The quantitative estimate of drug-likeness (QED) is 0.425. The zero-order valence-electron chi connectivity index (χ0n) is 20.7. The van der Waals surface area contributed by atoms with Crippen molar-refractivity contribution in [2.75, 3.05) is 5.32 Å². The number of hydrogen-bond donors (Lipinski definition) is 2. The number of anilines is 2. The van der Waals surface area contributed by atoms with Crippen LogP contribution in [0.1, 0.15) is 44.5 Å². The molecule has 1 atom stereocenters. The predicted molar refractivity (Wildman–Crippen MR) is 140 cm³/mol. The average molecular weight is 470 g/mol. The number of pyridine rings is 1. The fourth-order valence-corrected chi connectivity index (χ4v) is 4.45. The van der Waals surface area contributed by atoms with E-state index in [1.54, 1.807) is 21.6 Å². The largest absolute Gasteiger partial charge is 0.324 e. The Morgan fingerprint density at radius 3 is 2.80 bits per heavy atom. The molecule has 0 radical (unpaired) electrons. The molecule has 0 saturated heterocycles. The van der Waals surface area contributed by atoms with Crippen LogP contribution >= 0.6 is 0 Å². The summed E-state index contributed by atoms with van der Waals surface area (Å²) in [5.74, 6) is 1.05. The Kier molecular flexibility index (Phi) is 5.76. The summed E-state index contributed by atoms with van der Waals surface area (Å²) in [5.41, 5.74) is 4.66. The van der Waals surface area contributed by atoms with Gasteiger partial charge in [0.15, 0.2) is 11.5 Å². The summed E-state index contributed by atoms with van der Waals surface area (Å²) in [7, 11) is 0. The number of aromatic nitrogens is 5. The van der Waals surface area contributed by atoms with E-state index in [1.165, 1.54) is 11.1 Å². The van der Waals surface area contributed by atoms with Gasteiger partial charge in [0.05, 0.1) is 6.54 Å². The zero-order valence-corrected chi connectivity index (χ0v) is 20.7. The number of fused-ring (bicyclic) bond motifs is 2. The highest BCUT2D eigenvalue weighted by atomic mass is 16.1. The van der Waals surface area contributed by atoms with E-state index in [2.05, 4.69) is 68.1 Å². The molecule has 3 aromatic heterocycles. The normalized spacial score (nSPS) is 15.7. The van der Waals surface area contributed by atoms with Crippen molar-refractivity contribution in [3.8, 4) is 5.82 Å². The van der Waals surface area contributed by atoms with Crippen molar-refractivity contribution in [3.63, 3.8) is 0 Å². The van der Waals surface area contributed by atoms with Crippen molar-refractivity contribution in [2.45, 2.75) is 58.7 Å². The first kappa shape index (κ1) is 23.0. The number of allylic oxidation sites excluding steroid dienone is 1. The van der Waals surface area contributed by atoms with Crippen LogP contribution in [0.4, 0.5) is 11.6 Å². The molecule has 1 unspecified atom stereocenters. The Morgan fingerprint density at radius 2 is 2.03 bits per heavy atom. The van der Waals surface area contributed by atoms with E-state index in [4.69, 9.17) is 9.97 Å². The summed E-state index contributed by atoms with van der Waals surface area (Å²) in [6, 6.07) is 12.7. The Balaban J connectivity index is 1.60. The second-order valence-corrected chi connectivity index (χ2v) is 10.1. The summed E-state index contributed by atoms with van der Waals surface area (Å²) < 4.78 is 3.36. The molecule has 8 heteroatoms. The molecule has 2 N–H and O–H groups in total. The van der Waals surface area contributed by atoms with E-state index in [9.17, 15) is 4.79 Å². The lowest BCUT2D eigenvalue weighted by Crippen LogP contribution is -2.32. The van der Waals surface area contributed by atoms with Gasteiger partial charge in [-0.15, -0.1) is 6.58 Å². The molecule has 1 aliphatic heterocycles. The van der Waals surface area contributed by atoms with E-state index in [0.29, 0.717) is 35.4 Å². The van der Waals surface area contributed by atoms with Crippen LogP contribution < -0.4 is 16.2 Å². The molecule has 35 heavy (non-hydrogen) atoms. The van der Waals surface area contributed by atoms with Crippen molar-refractivity contribution in [2.24, 2.45) is 0 Å². The third-order valence-electron chi connectivity index (χ3n) is 6.33. The number of hydrogen-bond acceptors (Lipinski definition) is 6. The predicted octanol–water partition coefficient (Wildman–Crippen LogP) is 4.24. The fourth-order valence-electron chi connectivity index (χ4n) is 4.45. The maximum atomic E-state index is 13.2. The molecular weight excluding hydrogens is 438 g/mol. The SMILES string of the molecule is C=CCn1c(=O)c2cnc(Nc3ccc4c(c3)CNC(C)C4)nc2n1-c1cccc(C(C)(C)C)n1. The summed E-state index contributed by atoms with van der Waals surface area (Å²) >= 11 is 0. The number of benzene rings is 1. The van der Waals surface area contributed by atoms with Crippen LogP contribution in [0.25, 0.3) is 16.9 Å². The van der Waals surface area contributed by atoms with Gasteiger partial charge in [-0.2, -0.15) is 4.98 Å². The first-order valence-corrected chi connectivity index (χ1v) is 11.9.